The molecule has 0 heterocycles. The summed E-state index contributed by atoms with van der Waals surface area (Å²) in [6.45, 7) is 0. The second kappa shape index (κ2) is 4.25. The Kier molecular flexibility index (Phi) is 3.28. The van der Waals surface area contributed by atoms with E-state index in [4.69, 9.17) is 0 Å². The van der Waals surface area contributed by atoms with Crippen molar-refractivity contribution in [3.8, 4) is 0 Å². The Morgan fingerprint density at radius 1 is 1.58 bits per heavy atom. The molecule has 2 N–H and O–H groups in total. The minimum Gasteiger partial charge on any atom is -0.334 e. The maximum absolute atomic E-state index is 12.6. The summed E-state index contributed by atoms with van der Waals surface area (Å²) < 4.78 is 12.6. The normalized spacial score (nSPS) is 28.5. The minimum absolute atomic E-state index is 0.0462. The van der Waals surface area contributed by atoms with Crippen LogP contribution in [-0.2, 0) is 4.84 Å². The molecule has 0 spiro atoms. The van der Waals surface area contributed by atoms with Crippen molar-refractivity contribution < 1.29 is 14.0 Å². The lowest BCUT2D eigenvalue weighted by molar-refractivity contribution is 0.106. The van der Waals surface area contributed by atoms with E-state index < -0.39 is 12.2 Å². The summed E-state index contributed by atoms with van der Waals surface area (Å²) >= 11 is 0. The third-order valence-corrected chi connectivity index (χ3v) is 1.90. The van der Waals surface area contributed by atoms with Crippen molar-refractivity contribution in [2.45, 2.75) is 31.5 Å². The Morgan fingerprint density at radius 2 is 2.33 bits per heavy atom. The van der Waals surface area contributed by atoms with Crippen LogP contribution < -0.4 is 10.8 Å². The van der Waals surface area contributed by atoms with Crippen LogP contribution >= 0.6 is 0 Å². The highest BCUT2D eigenvalue weighted by Gasteiger charge is 2.25. The van der Waals surface area contributed by atoms with Crippen LogP contribution in [0, 0.1) is 0 Å². The van der Waals surface area contributed by atoms with Crippen molar-refractivity contribution in [1.82, 2.24) is 10.8 Å². The summed E-state index contributed by atoms with van der Waals surface area (Å²) in [6, 6.07) is -0.452. The summed E-state index contributed by atoms with van der Waals surface area (Å²) in [6.07, 6.45) is 0.894. The van der Waals surface area contributed by atoms with Gasteiger partial charge in [0.2, 0.25) is 0 Å². The molecule has 1 fully saturated rings. The molecular formula is C7H13FN2O2. The molecule has 2 atom stereocenters. The highest BCUT2D eigenvalue weighted by Crippen LogP contribution is 2.21. The van der Waals surface area contributed by atoms with E-state index in [2.05, 4.69) is 15.6 Å². The van der Waals surface area contributed by atoms with Crippen LogP contribution in [0.25, 0.3) is 0 Å². The Labute approximate surface area is 70.4 Å². The van der Waals surface area contributed by atoms with Crippen LogP contribution in [0.5, 0.6) is 0 Å². The molecule has 0 aromatic carbocycles. The Morgan fingerprint density at radius 3 is 2.83 bits per heavy atom. The molecule has 0 radical (unpaired) electrons. The third kappa shape index (κ3) is 2.65. The maximum atomic E-state index is 12.6. The summed E-state index contributed by atoms with van der Waals surface area (Å²) in [5.74, 6) is 0. The second-order valence-electron chi connectivity index (χ2n) is 2.89. The molecule has 2 amide bonds. The van der Waals surface area contributed by atoms with Gasteiger partial charge in [-0.1, -0.05) is 0 Å². The zero-order valence-electron chi connectivity index (χ0n) is 6.97. The molecule has 4 nitrogen and oxygen atoms in total. The lowest BCUT2D eigenvalue weighted by atomic mass is 10.2. The maximum Gasteiger partial charge on any atom is 0.338 e. The van der Waals surface area contributed by atoms with Crippen LogP contribution in [0.4, 0.5) is 9.18 Å². The van der Waals surface area contributed by atoms with Crippen LogP contribution in [0.1, 0.15) is 19.3 Å². The van der Waals surface area contributed by atoms with Gasteiger partial charge in [-0.2, -0.15) is 0 Å². The first kappa shape index (κ1) is 9.25. The van der Waals surface area contributed by atoms with Crippen molar-refractivity contribution >= 4 is 6.03 Å². The minimum atomic E-state index is -0.766. The average Bonchev–Trinajstić information content (AvgIpc) is 2.36. The van der Waals surface area contributed by atoms with Crippen LogP contribution in [-0.4, -0.2) is 25.4 Å². The molecule has 0 bridgehead atoms. The molecule has 2 unspecified atom stereocenters. The summed E-state index contributed by atoms with van der Waals surface area (Å²) in [7, 11) is 1.35. The summed E-state index contributed by atoms with van der Waals surface area (Å²) in [5, 5.41) is 2.60. The molecule has 5 heteroatoms. The smallest absolute Gasteiger partial charge is 0.334 e. The number of nitrogens with one attached hydrogen (secondary N) is 2. The lowest BCUT2D eigenvalue weighted by Gasteiger charge is -2.11. The fourth-order valence-corrected chi connectivity index (χ4v) is 1.37. The van der Waals surface area contributed by atoms with Gasteiger partial charge in [0.1, 0.15) is 6.17 Å². The van der Waals surface area contributed by atoms with Crippen LogP contribution in [0.15, 0.2) is 0 Å². The topological polar surface area (TPSA) is 50.4 Å². The lowest BCUT2D eigenvalue weighted by Crippen LogP contribution is -2.40. The highest BCUT2D eigenvalue weighted by atomic mass is 19.1. The van der Waals surface area contributed by atoms with Gasteiger partial charge in [0, 0.05) is 6.04 Å². The van der Waals surface area contributed by atoms with E-state index in [-0.39, 0.29) is 6.04 Å². The SMILES string of the molecule is CONC(=O)NC1CCC(F)C1. The van der Waals surface area contributed by atoms with Gasteiger partial charge in [-0.05, 0) is 19.3 Å². The van der Waals surface area contributed by atoms with E-state index in [1.54, 1.807) is 0 Å². The first-order valence-electron chi connectivity index (χ1n) is 3.96. The average molecular weight is 176 g/mol. The number of hydroxylamine groups is 1. The van der Waals surface area contributed by atoms with E-state index in [0.717, 1.165) is 0 Å². The third-order valence-electron chi connectivity index (χ3n) is 1.90. The molecule has 1 saturated carbocycles. The Balaban J connectivity index is 2.18. The number of carbonyl (C=O) groups excluding carboxylic acids is 1. The molecule has 1 rings (SSSR count). The quantitative estimate of drug-likeness (QED) is 0.609. The molecular weight excluding hydrogens is 163 g/mol. The number of rotatable bonds is 2. The van der Waals surface area contributed by atoms with Gasteiger partial charge < -0.3 is 5.32 Å². The van der Waals surface area contributed by atoms with Crippen molar-refractivity contribution in [2.24, 2.45) is 0 Å². The van der Waals surface area contributed by atoms with Crippen LogP contribution in [0.2, 0.25) is 0 Å². The molecule has 0 aromatic rings. The summed E-state index contributed by atoms with van der Waals surface area (Å²) in [4.78, 5) is 15.2. The highest BCUT2D eigenvalue weighted by molar-refractivity contribution is 5.73. The number of carbonyl (C=O) groups is 1. The second-order valence-corrected chi connectivity index (χ2v) is 2.89. The van der Waals surface area contributed by atoms with Gasteiger partial charge in [-0.15, -0.1) is 0 Å². The Bertz CT molecular complexity index is 165. The molecule has 0 aliphatic heterocycles. The van der Waals surface area contributed by atoms with Crippen LogP contribution in [0.3, 0.4) is 0 Å². The number of hydrogen-bond donors (Lipinski definition) is 2. The van der Waals surface area contributed by atoms with E-state index in [9.17, 15) is 9.18 Å². The predicted molar refractivity (Wildman–Crippen MR) is 41.2 cm³/mol. The molecule has 1 aliphatic rings. The van der Waals surface area contributed by atoms with Crippen molar-refractivity contribution in [2.75, 3.05) is 7.11 Å². The van der Waals surface area contributed by atoms with Crippen molar-refractivity contribution in [1.29, 1.82) is 0 Å². The molecule has 0 aromatic heterocycles. The fourth-order valence-electron chi connectivity index (χ4n) is 1.37. The van der Waals surface area contributed by atoms with Gasteiger partial charge >= 0.3 is 6.03 Å². The predicted octanol–water partition coefficient (Wildman–Crippen LogP) is 0.738. The van der Waals surface area contributed by atoms with Crippen molar-refractivity contribution in [3.05, 3.63) is 0 Å². The van der Waals surface area contributed by atoms with Gasteiger partial charge in [0.15, 0.2) is 0 Å². The van der Waals surface area contributed by atoms with E-state index in [1.807, 2.05) is 0 Å². The van der Waals surface area contributed by atoms with E-state index in [1.165, 1.54) is 7.11 Å². The molecule has 12 heavy (non-hydrogen) atoms. The number of alkyl halides is 1. The van der Waals surface area contributed by atoms with Gasteiger partial charge in [0.25, 0.3) is 0 Å². The zero-order chi connectivity index (χ0) is 8.97. The van der Waals surface area contributed by atoms with Gasteiger partial charge in [-0.25, -0.2) is 14.7 Å². The summed E-state index contributed by atoms with van der Waals surface area (Å²) in [5.41, 5.74) is 2.11. The van der Waals surface area contributed by atoms with Gasteiger partial charge in [-0.3, -0.25) is 4.84 Å². The van der Waals surface area contributed by atoms with E-state index >= 15 is 0 Å². The Hall–Kier alpha value is -0.840. The fraction of sp³-hybridized carbons (Fsp3) is 0.857. The van der Waals surface area contributed by atoms with Crippen molar-refractivity contribution in [3.63, 3.8) is 0 Å². The molecule has 1 aliphatic carbocycles. The largest absolute Gasteiger partial charge is 0.338 e. The van der Waals surface area contributed by atoms with Gasteiger partial charge in [0.05, 0.1) is 7.11 Å². The first-order chi connectivity index (χ1) is 5.72. The molecule has 0 saturated heterocycles. The standard InChI is InChI=1S/C7H13FN2O2/c1-12-10-7(11)9-6-3-2-5(8)4-6/h5-6H,2-4H2,1H3,(H2,9,10,11). The number of hydrogen-bond acceptors (Lipinski definition) is 2. The first-order valence-corrected chi connectivity index (χ1v) is 3.96. The number of halogens is 1. The zero-order valence-corrected chi connectivity index (χ0v) is 6.97. The number of urea groups is 1. The number of amides is 2. The molecule has 70 valence electrons. The van der Waals surface area contributed by atoms with E-state index in [0.29, 0.717) is 19.3 Å². The monoisotopic (exact) mass is 176 g/mol.